The summed E-state index contributed by atoms with van der Waals surface area (Å²) in [5.74, 6) is 5.43. The molecule has 3 N–H and O–H groups in total. The fourth-order valence-corrected chi connectivity index (χ4v) is 2.52. The summed E-state index contributed by atoms with van der Waals surface area (Å²) in [6.45, 7) is 1.74. The number of aryl methyl sites for hydroxylation is 1. The molecule has 0 spiro atoms. The molecule has 1 atom stereocenters. The van der Waals surface area contributed by atoms with Gasteiger partial charge in [-0.3, -0.25) is 10.8 Å². The summed E-state index contributed by atoms with van der Waals surface area (Å²) in [7, 11) is 0. The molecule has 0 radical (unpaired) electrons. The lowest BCUT2D eigenvalue weighted by atomic mass is 9.96. The molecule has 1 unspecified atom stereocenters. The Morgan fingerprint density at radius 2 is 2.00 bits per heavy atom. The zero-order valence-corrected chi connectivity index (χ0v) is 11.7. The molecule has 0 saturated heterocycles. The Bertz CT molecular complexity index is 786. The number of rotatable bonds is 3. The van der Waals surface area contributed by atoms with Crippen molar-refractivity contribution < 1.29 is 4.39 Å². The number of hydrazine groups is 1. The van der Waals surface area contributed by atoms with E-state index >= 15 is 0 Å². The first-order chi connectivity index (χ1) is 10.2. The third-order valence-corrected chi connectivity index (χ3v) is 3.66. The standard InChI is InChI=1S/C17H16FN3/c1-11-4-2-6-14(16(11)18)17(21-19)13-8-7-12-5-3-9-20-15(12)10-13/h2-10,17,21H,19H2,1H3. The highest BCUT2D eigenvalue weighted by atomic mass is 19.1. The van der Waals surface area contributed by atoms with E-state index < -0.39 is 6.04 Å². The van der Waals surface area contributed by atoms with Crippen molar-refractivity contribution in [3.05, 3.63) is 77.2 Å². The Balaban J connectivity index is 2.11. The number of nitrogens with one attached hydrogen (secondary N) is 1. The number of fused-ring (bicyclic) bond motifs is 1. The van der Waals surface area contributed by atoms with Crippen molar-refractivity contribution in [1.29, 1.82) is 0 Å². The number of nitrogens with zero attached hydrogens (tertiary/aromatic N) is 1. The molecule has 3 rings (SSSR count). The van der Waals surface area contributed by atoms with Gasteiger partial charge in [-0.25, -0.2) is 9.82 Å². The van der Waals surface area contributed by atoms with E-state index in [2.05, 4.69) is 10.4 Å². The zero-order chi connectivity index (χ0) is 14.8. The zero-order valence-electron chi connectivity index (χ0n) is 11.7. The molecule has 2 aromatic carbocycles. The lowest BCUT2D eigenvalue weighted by molar-refractivity contribution is 0.555. The molecule has 0 aliphatic heterocycles. The summed E-state index contributed by atoms with van der Waals surface area (Å²) in [6, 6.07) is 14.6. The summed E-state index contributed by atoms with van der Waals surface area (Å²) >= 11 is 0. The summed E-state index contributed by atoms with van der Waals surface area (Å²) in [6.07, 6.45) is 1.74. The minimum Gasteiger partial charge on any atom is -0.271 e. The predicted molar refractivity (Wildman–Crippen MR) is 82.0 cm³/mol. The quantitative estimate of drug-likeness (QED) is 0.572. The largest absolute Gasteiger partial charge is 0.271 e. The van der Waals surface area contributed by atoms with E-state index in [-0.39, 0.29) is 5.82 Å². The molecule has 106 valence electrons. The van der Waals surface area contributed by atoms with Gasteiger partial charge in [0.2, 0.25) is 0 Å². The molecule has 1 heterocycles. The van der Waals surface area contributed by atoms with Gasteiger partial charge in [-0.05, 0) is 30.2 Å². The molecule has 0 amide bonds. The predicted octanol–water partition coefficient (Wildman–Crippen LogP) is 3.24. The Morgan fingerprint density at radius 1 is 1.14 bits per heavy atom. The number of nitrogens with two attached hydrogens (primary N) is 1. The SMILES string of the molecule is Cc1cccc(C(NN)c2ccc3cccnc3c2)c1F. The molecular weight excluding hydrogens is 265 g/mol. The lowest BCUT2D eigenvalue weighted by Crippen LogP contribution is -2.29. The number of hydrogen-bond donors (Lipinski definition) is 2. The average molecular weight is 281 g/mol. The van der Waals surface area contributed by atoms with Crippen LogP contribution in [0.2, 0.25) is 0 Å². The van der Waals surface area contributed by atoms with Gasteiger partial charge in [0.05, 0.1) is 11.6 Å². The molecule has 0 bridgehead atoms. The summed E-state index contributed by atoms with van der Waals surface area (Å²) in [4.78, 5) is 4.33. The second-order valence-electron chi connectivity index (χ2n) is 5.03. The smallest absolute Gasteiger partial charge is 0.131 e. The molecule has 0 saturated carbocycles. The van der Waals surface area contributed by atoms with Crippen molar-refractivity contribution in [2.45, 2.75) is 13.0 Å². The highest BCUT2D eigenvalue weighted by molar-refractivity contribution is 5.79. The molecular formula is C17H16FN3. The Morgan fingerprint density at radius 3 is 2.81 bits per heavy atom. The average Bonchev–Trinajstić information content (AvgIpc) is 2.52. The summed E-state index contributed by atoms with van der Waals surface area (Å²) in [5.41, 5.74) is 5.58. The number of halogens is 1. The third kappa shape index (κ3) is 2.51. The highest BCUT2D eigenvalue weighted by Gasteiger charge is 2.18. The minimum atomic E-state index is -0.406. The van der Waals surface area contributed by atoms with Crippen LogP contribution in [0, 0.1) is 12.7 Å². The van der Waals surface area contributed by atoms with Crippen molar-refractivity contribution in [2.75, 3.05) is 0 Å². The van der Waals surface area contributed by atoms with Crippen LogP contribution in [0.1, 0.15) is 22.7 Å². The lowest BCUT2D eigenvalue weighted by Gasteiger charge is -2.18. The maximum absolute atomic E-state index is 14.3. The van der Waals surface area contributed by atoms with Gasteiger partial charge in [0.25, 0.3) is 0 Å². The topological polar surface area (TPSA) is 50.9 Å². The van der Waals surface area contributed by atoms with E-state index in [0.717, 1.165) is 16.5 Å². The first kappa shape index (κ1) is 13.7. The van der Waals surface area contributed by atoms with Crippen LogP contribution in [0.5, 0.6) is 0 Å². The van der Waals surface area contributed by atoms with Gasteiger partial charge in [-0.2, -0.15) is 0 Å². The molecule has 1 aromatic heterocycles. The maximum atomic E-state index is 14.3. The van der Waals surface area contributed by atoms with E-state index in [9.17, 15) is 4.39 Å². The number of hydrogen-bond acceptors (Lipinski definition) is 3. The van der Waals surface area contributed by atoms with E-state index in [4.69, 9.17) is 5.84 Å². The van der Waals surface area contributed by atoms with Crippen molar-refractivity contribution >= 4 is 10.9 Å². The number of pyridine rings is 1. The van der Waals surface area contributed by atoms with Crippen LogP contribution in [0.25, 0.3) is 10.9 Å². The van der Waals surface area contributed by atoms with Crippen LogP contribution in [-0.4, -0.2) is 4.98 Å². The molecule has 3 aromatic rings. The second-order valence-corrected chi connectivity index (χ2v) is 5.03. The maximum Gasteiger partial charge on any atom is 0.131 e. The molecule has 0 fully saturated rings. The van der Waals surface area contributed by atoms with Gasteiger partial charge in [0.15, 0.2) is 0 Å². The van der Waals surface area contributed by atoms with Gasteiger partial charge >= 0.3 is 0 Å². The van der Waals surface area contributed by atoms with Crippen molar-refractivity contribution in [2.24, 2.45) is 5.84 Å². The molecule has 3 nitrogen and oxygen atoms in total. The van der Waals surface area contributed by atoms with Crippen LogP contribution in [-0.2, 0) is 0 Å². The van der Waals surface area contributed by atoms with Crippen LogP contribution in [0.15, 0.2) is 54.7 Å². The van der Waals surface area contributed by atoms with Gasteiger partial charge in [0.1, 0.15) is 5.82 Å². The van der Waals surface area contributed by atoms with Gasteiger partial charge < -0.3 is 0 Å². The Kier molecular flexibility index (Phi) is 3.64. The van der Waals surface area contributed by atoms with Crippen molar-refractivity contribution in [3.63, 3.8) is 0 Å². The fourth-order valence-electron chi connectivity index (χ4n) is 2.52. The van der Waals surface area contributed by atoms with Crippen LogP contribution in [0.4, 0.5) is 4.39 Å². The Hall–Kier alpha value is -2.30. The Labute approximate surface area is 122 Å². The minimum absolute atomic E-state index is 0.235. The van der Waals surface area contributed by atoms with Crippen molar-refractivity contribution in [3.8, 4) is 0 Å². The first-order valence-corrected chi connectivity index (χ1v) is 6.76. The van der Waals surface area contributed by atoms with Crippen LogP contribution < -0.4 is 11.3 Å². The number of aromatic nitrogens is 1. The van der Waals surface area contributed by atoms with Crippen molar-refractivity contribution in [1.82, 2.24) is 10.4 Å². The van der Waals surface area contributed by atoms with E-state index in [1.54, 1.807) is 25.3 Å². The second kappa shape index (κ2) is 5.60. The molecule has 0 aliphatic carbocycles. The monoisotopic (exact) mass is 281 g/mol. The van der Waals surface area contributed by atoms with E-state index in [0.29, 0.717) is 11.1 Å². The van der Waals surface area contributed by atoms with E-state index in [1.807, 2.05) is 36.4 Å². The number of benzene rings is 2. The van der Waals surface area contributed by atoms with Gasteiger partial charge in [-0.1, -0.05) is 36.4 Å². The van der Waals surface area contributed by atoms with Crippen LogP contribution in [0.3, 0.4) is 0 Å². The third-order valence-electron chi connectivity index (χ3n) is 3.66. The van der Waals surface area contributed by atoms with Crippen LogP contribution >= 0.6 is 0 Å². The normalized spacial score (nSPS) is 12.5. The van der Waals surface area contributed by atoms with E-state index in [1.165, 1.54) is 0 Å². The molecule has 0 aliphatic rings. The first-order valence-electron chi connectivity index (χ1n) is 6.76. The summed E-state index contributed by atoms with van der Waals surface area (Å²) in [5, 5.41) is 1.04. The van der Waals surface area contributed by atoms with Gasteiger partial charge in [0, 0.05) is 17.1 Å². The highest BCUT2D eigenvalue weighted by Crippen LogP contribution is 2.27. The van der Waals surface area contributed by atoms with Gasteiger partial charge in [-0.15, -0.1) is 0 Å². The fraction of sp³-hybridized carbons (Fsp3) is 0.118. The molecule has 4 heteroatoms. The molecule has 21 heavy (non-hydrogen) atoms. The summed E-state index contributed by atoms with van der Waals surface area (Å²) < 4.78 is 14.3.